The summed E-state index contributed by atoms with van der Waals surface area (Å²) >= 11 is 1.44. The lowest BCUT2D eigenvalue weighted by Gasteiger charge is -2.31. The van der Waals surface area contributed by atoms with Gasteiger partial charge in [-0.15, -0.1) is 11.3 Å². The summed E-state index contributed by atoms with van der Waals surface area (Å²) in [7, 11) is 0. The summed E-state index contributed by atoms with van der Waals surface area (Å²) < 4.78 is 8.33. The topological polar surface area (TPSA) is 72.3 Å². The molecule has 4 aromatic rings. The van der Waals surface area contributed by atoms with Gasteiger partial charge in [-0.3, -0.25) is 9.69 Å². The van der Waals surface area contributed by atoms with E-state index in [-0.39, 0.29) is 5.91 Å². The lowest BCUT2D eigenvalue weighted by atomic mass is 9.96. The van der Waals surface area contributed by atoms with Gasteiger partial charge in [-0.05, 0) is 56.1 Å². The summed E-state index contributed by atoms with van der Waals surface area (Å²) in [6.45, 7) is 3.59. The molecule has 1 aliphatic heterocycles. The van der Waals surface area contributed by atoms with Gasteiger partial charge in [0.1, 0.15) is 18.2 Å². The Morgan fingerprint density at radius 3 is 2.67 bits per heavy atom. The van der Waals surface area contributed by atoms with E-state index in [4.69, 9.17) is 9.72 Å². The van der Waals surface area contributed by atoms with Crippen molar-refractivity contribution in [3.63, 3.8) is 0 Å². The zero-order valence-corrected chi connectivity index (χ0v) is 19.2. The van der Waals surface area contributed by atoms with E-state index in [0.717, 1.165) is 55.1 Å². The normalized spacial score (nSPS) is 15.0. The molecule has 0 radical (unpaired) electrons. The van der Waals surface area contributed by atoms with Gasteiger partial charge in [0.05, 0.1) is 17.6 Å². The largest absolute Gasteiger partial charge is 0.486 e. The number of fused-ring (bicyclic) bond motifs is 1. The van der Waals surface area contributed by atoms with E-state index in [1.807, 2.05) is 41.8 Å². The van der Waals surface area contributed by atoms with E-state index < -0.39 is 0 Å². The van der Waals surface area contributed by atoms with Crippen LogP contribution in [-0.2, 0) is 17.9 Å². The van der Waals surface area contributed by atoms with Crippen LogP contribution in [0.15, 0.2) is 66.2 Å². The van der Waals surface area contributed by atoms with Gasteiger partial charge >= 0.3 is 0 Å². The molecule has 0 unspecified atom stereocenters. The number of carbonyl (C=O) groups excluding carboxylic acids is 1. The number of carbonyl (C=O) groups is 1. The molecule has 170 valence electrons. The summed E-state index contributed by atoms with van der Waals surface area (Å²) in [5.41, 5.74) is 2.15. The van der Waals surface area contributed by atoms with Gasteiger partial charge in [0.15, 0.2) is 5.13 Å². The number of rotatable bonds is 8. The molecule has 0 bridgehead atoms. The molecule has 0 aliphatic carbocycles. The van der Waals surface area contributed by atoms with Gasteiger partial charge in [-0.2, -0.15) is 0 Å². The molecule has 0 spiro atoms. The van der Waals surface area contributed by atoms with Crippen LogP contribution in [0, 0.1) is 5.92 Å². The Balaban J connectivity index is 1.20. The molecular formula is C25H27N5O2S. The Bertz CT molecular complexity index is 1180. The average molecular weight is 462 g/mol. The van der Waals surface area contributed by atoms with Crippen LogP contribution in [0.4, 0.5) is 5.13 Å². The summed E-state index contributed by atoms with van der Waals surface area (Å²) in [4.78, 5) is 23.5. The Hall–Kier alpha value is -3.23. The first-order chi connectivity index (χ1) is 16.2. The number of likely N-dealkylation sites (tertiary alicyclic amines) is 1. The van der Waals surface area contributed by atoms with Gasteiger partial charge in [-0.1, -0.05) is 30.3 Å². The van der Waals surface area contributed by atoms with Crippen LogP contribution in [0.2, 0.25) is 0 Å². The number of piperidine rings is 1. The fourth-order valence-corrected chi connectivity index (χ4v) is 4.88. The second kappa shape index (κ2) is 10.1. The molecular weight excluding hydrogens is 434 g/mol. The third-order valence-electron chi connectivity index (χ3n) is 6.04. The number of hydrogen-bond donors (Lipinski definition) is 1. The van der Waals surface area contributed by atoms with Crippen LogP contribution >= 0.6 is 11.3 Å². The first-order valence-corrected chi connectivity index (χ1v) is 12.2. The standard InChI is InChI=1S/C25H27N5O2S/c31-24(28-25-26-12-15-33-25)17-29-13-10-19(11-14-29)16-30-22-9-5-4-8-21(22)27-23(30)18-32-20-6-2-1-3-7-20/h1-9,12,15,19H,10-11,13-14,16-18H2,(H,26,28,31). The summed E-state index contributed by atoms with van der Waals surface area (Å²) in [6, 6.07) is 18.1. The van der Waals surface area contributed by atoms with Crippen LogP contribution in [0.5, 0.6) is 5.75 Å². The Morgan fingerprint density at radius 1 is 1.09 bits per heavy atom. The number of nitrogens with one attached hydrogen (secondary N) is 1. The van der Waals surface area contributed by atoms with E-state index >= 15 is 0 Å². The maximum Gasteiger partial charge on any atom is 0.240 e. The Kier molecular flexibility index (Phi) is 6.64. The van der Waals surface area contributed by atoms with E-state index in [1.54, 1.807) is 6.20 Å². The van der Waals surface area contributed by atoms with Crippen LogP contribution in [0.3, 0.4) is 0 Å². The number of nitrogens with zero attached hydrogens (tertiary/aromatic N) is 4. The highest BCUT2D eigenvalue weighted by molar-refractivity contribution is 7.13. The predicted octanol–water partition coefficient (Wildman–Crippen LogP) is 4.42. The van der Waals surface area contributed by atoms with Crippen molar-refractivity contribution >= 4 is 33.4 Å². The fraction of sp³-hybridized carbons (Fsp3) is 0.320. The number of thiazole rings is 1. The zero-order chi connectivity index (χ0) is 22.5. The minimum atomic E-state index is 0.00403. The maximum atomic E-state index is 12.3. The number of aromatic nitrogens is 3. The molecule has 1 N–H and O–H groups in total. The Morgan fingerprint density at radius 2 is 1.88 bits per heavy atom. The SMILES string of the molecule is O=C(CN1CCC(Cn2c(COc3ccccc3)nc3ccccc32)CC1)Nc1nccs1. The fourth-order valence-electron chi connectivity index (χ4n) is 4.34. The quantitative estimate of drug-likeness (QED) is 0.421. The van der Waals surface area contributed by atoms with Crippen LogP contribution < -0.4 is 10.1 Å². The molecule has 2 aromatic heterocycles. The smallest absolute Gasteiger partial charge is 0.240 e. The molecule has 2 aromatic carbocycles. The third-order valence-corrected chi connectivity index (χ3v) is 6.73. The van der Waals surface area contributed by atoms with E-state index in [2.05, 4.69) is 38.0 Å². The number of imidazole rings is 1. The predicted molar refractivity (Wildman–Crippen MR) is 130 cm³/mol. The van der Waals surface area contributed by atoms with Crippen LogP contribution in [0.25, 0.3) is 11.0 Å². The van der Waals surface area contributed by atoms with Crippen molar-refractivity contribution in [3.05, 3.63) is 72.0 Å². The molecule has 5 rings (SSSR count). The zero-order valence-electron chi connectivity index (χ0n) is 18.4. The molecule has 33 heavy (non-hydrogen) atoms. The summed E-state index contributed by atoms with van der Waals surface area (Å²) in [6.07, 6.45) is 3.80. The van der Waals surface area contributed by atoms with Gasteiger partial charge in [-0.25, -0.2) is 9.97 Å². The van der Waals surface area contributed by atoms with Gasteiger partial charge in [0.2, 0.25) is 5.91 Å². The first kappa shape index (κ1) is 21.6. The van der Waals surface area contributed by atoms with Crippen molar-refractivity contribution in [3.8, 4) is 5.75 Å². The molecule has 1 fully saturated rings. The van der Waals surface area contributed by atoms with Crippen LogP contribution in [-0.4, -0.2) is 45.0 Å². The molecule has 8 heteroatoms. The van der Waals surface area contributed by atoms with Gasteiger partial charge < -0.3 is 14.6 Å². The van der Waals surface area contributed by atoms with Crippen molar-refractivity contribution in [2.24, 2.45) is 5.92 Å². The van der Waals surface area contributed by atoms with Crippen molar-refractivity contribution in [1.82, 2.24) is 19.4 Å². The number of hydrogen-bond acceptors (Lipinski definition) is 6. The second-order valence-electron chi connectivity index (χ2n) is 8.33. The third kappa shape index (κ3) is 5.40. The lowest BCUT2D eigenvalue weighted by Crippen LogP contribution is -2.40. The first-order valence-electron chi connectivity index (χ1n) is 11.3. The van der Waals surface area contributed by atoms with Gasteiger partial charge in [0, 0.05) is 18.1 Å². The highest BCUT2D eigenvalue weighted by Gasteiger charge is 2.23. The summed E-state index contributed by atoms with van der Waals surface area (Å²) in [5, 5.41) is 5.39. The number of anilines is 1. The second-order valence-corrected chi connectivity index (χ2v) is 9.23. The minimum Gasteiger partial charge on any atom is -0.486 e. The lowest BCUT2D eigenvalue weighted by molar-refractivity contribution is -0.117. The number of para-hydroxylation sites is 3. The highest BCUT2D eigenvalue weighted by Crippen LogP contribution is 2.24. The molecule has 1 aliphatic rings. The van der Waals surface area contributed by atoms with Crippen molar-refractivity contribution in [1.29, 1.82) is 0 Å². The van der Waals surface area contributed by atoms with Crippen LogP contribution in [0.1, 0.15) is 18.7 Å². The number of amides is 1. The van der Waals surface area contributed by atoms with E-state index in [0.29, 0.717) is 24.2 Å². The van der Waals surface area contributed by atoms with Gasteiger partial charge in [0.25, 0.3) is 0 Å². The maximum absolute atomic E-state index is 12.3. The molecule has 1 amide bonds. The number of ether oxygens (including phenoxy) is 1. The highest BCUT2D eigenvalue weighted by atomic mass is 32.1. The van der Waals surface area contributed by atoms with Crippen molar-refractivity contribution < 1.29 is 9.53 Å². The van der Waals surface area contributed by atoms with E-state index in [1.165, 1.54) is 11.3 Å². The summed E-state index contributed by atoms with van der Waals surface area (Å²) in [5.74, 6) is 2.34. The Labute approximate surface area is 197 Å². The minimum absolute atomic E-state index is 0.00403. The molecule has 1 saturated heterocycles. The number of benzene rings is 2. The van der Waals surface area contributed by atoms with Crippen molar-refractivity contribution in [2.75, 3.05) is 25.0 Å². The average Bonchev–Trinajstić information content (AvgIpc) is 3.47. The van der Waals surface area contributed by atoms with E-state index in [9.17, 15) is 4.79 Å². The molecule has 3 heterocycles. The molecule has 0 saturated carbocycles. The molecule has 0 atom stereocenters. The molecule has 7 nitrogen and oxygen atoms in total. The van der Waals surface area contributed by atoms with Crippen molar-refractivity contribution in [2.45, 2.75) is 26.0 Å². The monoisotopic (exact) mass is 461 g/mol.